The standard InChI is InChI=1S/C32H31F/c1-23-4-7-28(8-5-23)21-29-12-10-26(11-13-29)16-18-31-19-17-30(22-32(31)33)15-14-27-9-6-24(2)25(3)20-27/h6,9-13,17,19-20,22-23,28H,4-5,7-8,21H2,1-3H3. The van der Waals surface area contributed by atoms with Crippen molar-refractivity contribution in [3.05, 3.63) is 105 Å². The van der Waals surface area contributed by atoms with Gasteiger partial charge in [0, 0.05) is 16.7 Å². The second-order valence-corrected chi connectivity index (χ2v) is 9.52. The van der Waals surface area contributed by atoms with Gasteiger partial charge in [0.1, 0.15) is 5.82 Å². The number of benzene rings is 3. The Kier molecular flexibility index (Phi) is 7.32. The zero-order valence-corrected chi connectivity index (χ0v) is 19.8. The third-order valence-corrected chi connectivity index (χ3v) is 6.78. The lowest BCUT2D eigenvalue weighted by molar-refractivity contribution is 0.289. The van der Waals surface area contributed by atoms with Crippen molar-refractivity contribution in [2.24, 2.45) is 11.8 Å². The summed E-state index contributed by atoms with van der Waals surface area (Å²) >= 11 is 0. The SMILES string of the molecule is Cc1ccc(C#Cc2ccc(C#Cc3ccc(CC4CCC(C)CC4)cc3)c(F)c2)cc1C. The van der Waals surface area contributed by atoms with Crippen LogP contribution in [0.15, 0.2) is 60.7 Å². The molecule has 0 spiro atoms. The van der Waals surface area contributed by atoms with Crippen molar-refractivity contribution in [1.82, 2.24) is 0 Å². The second kappa shape index (κ2) is 10.6. The van der Waals surface area contributed by atoms with E-state index in [-0.39, 0.29) is 5.82 Å². The summed E-state index contributed by atoms with van der Waals surface area (Å²) in [5.74, 6) is 13.6. The quantitative estimate of drug-likeness (QED) is 0.364. The minimum atomic E-state index is -0.336. The molecule has 3 aromatic rings. The maximum atomic E-state index is 14.6. The van der Waals surface area contributed by atoms with Gasteiger partial charge in [0.15, 0.2) is 0 Å². The average Bonchev–Trinajstić information content (AvgIpc) is 2.82. The van der Waals surface area contributed by atoms with Gasteiger partial charge in [-0.25, -0.2) is 4.39 Å². The summed E-state index contributed by atoms with van der Waals surface area (Å²) in [5.41, 5.74) is 6.71. The van der Waals surface area contributed by atoms with Crippen LogP contribution in [-0.4, -0.2) is 0 Å². The van der Waals surface area contributed by atoms with E-state index in [1.807, 2.05) is 12.1 Å². The molecule has 1 saturated carbocycles. The molecule has 1 aliphatic rings. The Morgan fingerprint density at radius 2 is 1.30 bits per heavy atom. The van der Waals surface area contributed by atoms with E-state index >= 15 is 0 Å². The third kappa shape index (κ3) is 6.37. The number of aryl methyl sites for hydroxylation is 2. The van der Waals surface area contributed by atoms with E-state index in [2.05, 4.69) is 80.9 Å². The van der Waals surface area contributed by atoms with Crippen molar-refractivity contribution < 1.29 is 4.39 Å². The van der Waals surface area contributed by atoms with E-state index in [1.165, 1.54) is 48.4 Å². The van der Waals surface area contributed by atoms with Crippen LogP contribution in [0, 0.1) is 55.2 Å². The zero-order chi connectivity index (χ0) is 23.2. The Morgan fingerprint density at radius 1 is 0.697 bits per heavy atom. The lowest BCUT2D eigenvalue weighted by Gasteiger charge is -2.26. The molecule has 1 heteroatoms. The molecular weight excluding hydrogens is 403 g/mol. The molecule has 0 N–H and O–H groups in total. The van der Waals surface area contributed by atoms with Gasteiger partial charge in [0.05, 0.1) is 5.56 Å². The van der Waals surface area contributed by atoms with Gasteiger partial charge in [-0.15, -0.1) is 0 Å². The lowest BCUT2D eigenvalue weighted by atomic mass is 9.80. The molecule has 0 atom stereocenters. The van der Waals surface area contributed by atoms with Gasteiger partial charge in [0.2, 0.25) is 0 Å². The fraction of sp³-hybridized carbons (Fsp3) is 0.312. The van der Waals surface area contributed by atoms with E-state index < -0.39 is 0 Å². The van der Waals surface area contributed by atoms with E-state index in [1.54, 1.807) is 6.07 Å². The average molecular weight is 435 g/mol. The Bertz CT molecular complexity index is 1230. The predicted molar refractivity (Wildman–Crippen MR) is 136 cm³/mol. The summed E-state index contributed by atoms with van der Waals surface area (Å²) in [7, 11) is 0. The molecule has 1 fully saturated rings. The normalized spacial score (nSPS) is 17.5. The molecule has 1 aliphatic carbocycles. The summed E-state index contributed by atoms with van der Waals surface area (Å²) in [5, 5.41) is 0. The minimum absolute atomic E-state index is 0.336. The summed E-state index contributed by atoms with van der Waals surface area (Å²) in [6.45, 7) is 6.51. The van der Waals surface area contributed by atoms with Crippen LogP contribution < -0.4 is 0 Å². The van der Waals surface area contributed by atoms with E-state index in [0.29, 0.717) is 11.1 Å². The Morgan fingerprint density at radius 3 is 1.97 bits per heavy atom. The molecule has 0 heterocycles. The van der Waals surface area contributed by atoms with Gasteiger partial charge < -0.3 is 0 Å². The highest BCUT2D eigenvalue weighted by molar-refractivity contribution is 5.49. The number of hydrogen-bond acceptors (Lipinski definition) is 0. The molecule has 0 nitrogen and oxygen atoms in total. The summed E-state index contributed by atoms with van der Waals surface area (Å²) in [6.07, 6.45) is 6.55. The fourth-order valence-electron chi connectivity index (χ4n) is 4.39. The second-order valence-electron chi connectivity index (χ2n) is 9.52. The molecule has 33 heavy (non-hydrogen) atoms. The van der Waals surface area contributed by atoms with Gasteiger partial charge in [0.25, 0.3) is 0 Å². The van der Waals surface area contributed by atoms with Crippen molar-refractivity contribution in [3.8, 4) is 23.7 Å². The van der Waals surface area contributed by atoms with Crippen LogP contribution in [0.1, 0.15) is 71.6 Å². The molecule has 0 amide bonds. The largest absolute Gasteiger partial charge is 0.206 e. The van der Waals surface area contributed by atoms with Gasteiger partial charge in [-0.2, -0.15) is 0 Å². The van der Waals surface area contributed by atoms with Gasteiger partial charge in [-0.3, -0.25) is 0 Å². The highest BCUT2D eigenvalue weighted by atomic mass is 19.1. The van der Waals surface area contributed by atoms with E-state index in [0.717, 1.165) is 29.4 Å². The molecular formula is C32H31F. The molecule has 0 unspecified atom stereocenters. The molecule has 0 aromatic heterocycles. The number of hydrogen-bond donors (Lipinski definition) is 0. The first kappa shape index (κ1) is 22.9. The first-order valence-electron chi connectivity index (χ1n) is 12.0. The Labute approximate surface area is 198 Å². The first-order valence-corrected chi connectivity index (χ1v) is 12.0. The van der Waals surface area contributed by atoms with Crippen LogP contribution in [-0.2, 0) is 6.42 Å². The summed E-state index contributed by atoms with van der Waals surface area (Å²) in [6, 6.07) is 19.6. The van der Waals surface area contributed by atoms with Gasteiger partial charge in [-0.05, 0) is 104 Å². The van der Waals surface area contributed by atoms with Crippen molar-refractivity contribution >= 4 is 0 Å². The van der Waals surface area contributed by atoms with Crippen molar-refractivity contribution in [2.45, 2.75) is 52.9 Å². The minimum Gasteiger partial charge on any atom is -0.206 e. The maximum Gasteiger partial charge on any atom is 0.140 e. The van der Waals surface area contributed by atoms with Crippen molar-refractivity contribution in [2.75, 3.05) is 0 Å². The number of halogens is 1. The van der Waals surface area contributed by atoms with Crippen molar-refractivity contribution in [1.29, 1.82) is 0 Å². The smallest absolute Gasteiger partial charge is 0.140 e. The summed E-state index contributed by atoms with van der Waals surface area (Å²) in [4.78, 5) is 0. The highest BCUT2D eigenvalue weighted by Gasteiger charge is 2.18. The van der Waals surface area contributed by atoms with Crippen LogP contribution in [0.5, 0.6) is 0 Å². The van der Waals surface area contributed by atoms with E-state index in [4.69, 9.17) is 0 Å². The molecule has 0 bridgehead atoms. The Hall–Kier alpha value is -3.29. The fourth-order valence-corrected chi connectivity index (χ4v) is 4.39. The highest BCUT2D eigenvalue weighted by Crippen LogP contribution is 2.30. The van der Waals surface area contributed by atoms with Gasteiger partial charge in [-0.1, -0.05) is 61.6 Å². The van der Waals surface area contributed by atoms with Gasteiger partial charge >= 0.3 is 0 Å². The third-order valence-electron chi connectivity index (χ3n) is 6.78. The molecule has 4 rings (SSSR count). The first-order chi connectivity index (χ1) is 16.0. The van der Waals surface area contributed by atoms with Crippen LogP contribution in [0.3, 0.4) is 0 Å². The Balaban J connectivity index is 1.40. The molecule has 0 radical (unpaired) electrons. The van der Waals surface area contributed by atoms with Crippen molar-refractivity contribution in [3.63, 3.8) is 0 Å². The monoisotopic (exact) mass is 434 g/mol. The van der Waals surface area contributed by atoms with Crippen LogP contribution in [0.25, 0.3) is 0 Å². The zero-order valence-electron chi connectivity index (χ0n) is 19.8. The van der Waals surface area contributed by atoms with Crippen LogP contribution >= 0.6 is 0 Å². The molecule has 166 valence electrons. The topological polar surface area (TPSA) is 0 Å². The number of rotatable bonds is 2. The van der Waals surface area contributed by atoms with Crippen LogP contribution in [0.2, 0.25) is 0 Å². The van der Waals surface area contributed by atoms with Crippen LogP contribution in [0.4, 0.5) is 4.39 Å². The lowest BCUT2D eigenvalue weighted by Crippen LogP contribution is -2.14. The molecule has 3 aromatic carbocycles. The summed E-state index contributed by atoms with van der Waals surface area (Å²) < 4.78 is 14.6. The molecule has 0 aliphatic heterocycles. The molecule has 0 saturated heterocycles. The predicted octanol–water partition coefficient (Wildman–Crippen LogP) is 7.61. The van der Waals surface area contributed by atoms with E-state index in [9.17, 15) is 4.39 Å². The maximum absolute atomic E-state index is 14.6.